The largest absolute Gasteiger partial charge is 0.377 e. The molecule has 1 saturated carbocycles. The van der Waals surface area contributed by atoms with Crippen LogP contribution >= 0.6 is 15.9 Å². The van der Waals surface area contributed by atoms with Crippen LogP contribution in [0.15, 0.2) is 22.8 Å². The number of carbonyl (C=O) groups is 1. The highest BCUT2D eigenvalue weighted by Gasteiger charge is 2.27. The number of hydrogen-bond acceptors (Lipinski definition) is 4. The topological polar surface area (TPSA) is 54.5 Å². The number of piperidine rings is 1. The minimum atomic E-state index is 0.0304. The van der Waals surface area contributed by atoms with Crippen LogP contribution in [0.1, 0.15) is 45.4 Å². The fourth-order valence-corrected chi connectivity index (χ4v) is 4.25. The van der Waals surface area contributed by atoms with E-state index in [4.69, 9.17) is 4.74 Å². The van der Waals surface area contributed by atoms with Gasteiger partial charge in [-0.1, -0.05) is 19.8 Å². The Hall–Kier alpha value is -0.980. The van der Waals surface area contributed by atoms with Gasteiger partial charge >= 0.3 is 0 Å². The van der Waals surface area contributed by atoms with Crippen molar-refractivity contribution in [2.75, 3.05) is 31.6 Å². The first kappa shape index (κ1) is 19.8. The number of hydrogen-bond donors (Lipinski definition) is 1. The van der Waals surface area contributed by atoms with Crippen molar-refractivity contribution in [1.29, 1.82) is 0 Å². The molecule has 1 amide bonds. The van der Waals surface area contributed by atoms with Gasteiger partial charge in [0.25, 0.3) is 0 Å². The van der Waals surface area contributed by atoms with E-state index in [0.29, 0.717) is 17.8 Å². The minimum absolute atomic E-state index is 0.0304. The van der Waals surface area contributed by atoms with Crippen molar-refractivity contribution in [3.63, 3.8) is 0 Å². The number of aromatic nitrogens is 1. The highest BCUT2D eigenvalue weighted by molar-refractivity contribution is 9.10. The zero-order valence-corrected chi connectivity index (χ0v) is 17.2. The lowest BCUT2D eigenvalue weighted by molar-refractivity contribution is -0.121. The van der Waals surface area contributed by atoms with Gasteiger partial charge in [-0.25, -0.2) is 4.98 Å². The Morgan fingerprint density at radius 3 is 2.92 bits per heavy atom. The van der Waals surface area contributed by atoms with E-state index in [1.165, 1.54) is 25.7 Å². The van der Waals surface area contributed by atoms with Gasteiger partial charge in [-0.15, -0.1) is 0 Å². The summed E-state index contributed by atoms with van der Waals surface area (Å²) in [6, 6.07) is 3.71. The summed E-state index contributed by atoms with van der Waals surface area (Å²) in [5, 5.41) is 2.94. The van der Waals surface area contributed by atoms with Crippen LogP contribution in [0.25, 0.3) is 0 Å². The predicted octanol–water partition coefficient (Wildman–Crippen LogP) is 4.09. The molecule has 3 unspecified atom stereocenters. The average Bonchev–Trinajstić information content (AvgIpc) is 2.65. The first-order valence-electron chi connectivity index (χ1n) is 9.88. The molecule has 2 aliphatic rings. The van der Waals surface area contributed by atoms with Crippen molar-refractivity contribution in [2.45, 2.75) is 51.6 Å². The summed E-state index contributed by atoms with van der Waals surface area (Å²) in [4.78, 5) is 19.1. The molecule has 26 heavy (non-hydrogen) atoms. The second-order valence-electron chi connectivity index (χ2n) is 7.66. The summed E-state index contributed by atoms with van der Waals surface area (Å²) in [7, 11) is 0. The standard InChI is InChI=1S/C20H30BrN3O2/c1-15-5-2-3-7-18(15)26-12-11-24-10-4-6-16(14-24)20(25)23-19-9-8-17(21)13-22-19/h8-9,13,15-16,18H,2-7,10-12,14H2,1H3,(H,22,23,25). The monoisotopic (exact) mass is 423 g/mol. The maximum absolute atomic E-state index is 12.5. The molecule has 0 bridgehead atoms. The third-order valence-corrected chi connectivity index (χ3v) is 6.10. The molecule has 1 aromatic rings. The Kier molecular flexibility index (Phi) is 7.46. The summed E-state index contributed by atoms with van der Waals surface area (Å²) in [6.07, 6.45) is 9.27. The average molecular weight is 424 g/mol. The summed E-state index contributed by atoms with van der Waals surface area (Å²) in [6.45, 7) is 5.87. The van der Waals surface area contributed by atoms with E-state index in [0.717, 1.165) is 43.6 Å². The molecule has 0 spiro atoms. The minimum Gasteiger partial charge on any atom is -0.377 e. The zero-order valence-electron chi connectivity index (χ0n) is 15.6. The van der Waals surface area contributed by atoms with Crippen LogP contribution in [0.5, 0.6) is 0 Å². The van der Waals surface area contributed by atoms with E-state index in [1.54, 1.807) is 6.20 Å². The zero-order chi connectivity index (χ0) is 18.4. The number of rotatable bonds is 6. The molecule has 3 atom stereocenters. The fourth-order valence-electron chi connectivity index (χ4n) is 4.01. The molecule has 5 nitrogen and oxygen atoms in total. The Labute approximate surface area is 165 Å². The lowest BCUT2D eigenvalue weighted by Crippen LogP contribution is -2.42. The smallest absolute Gasteiger partial charge is 0.229 e. The quantitative estimate of drug-likeness (QED) is 0.748. The van der Waals surface area contributed by atoms with Gasteiger partial charge < -0.3 is 15.0 Å². The Balaban J connectivity index is 1.41. The molecule has 6 heteroatoms. The van der Waals surface area contributed by atoms with Gasteiger partial charge in [0.05, 0.1) is 18.6 Å². The second-order valence-corrected chi connectivity index (χ2v) is 8.58. The highest BCUT2D eigenvalue weighted by atomic mass is 79.9. The van der Waals surface area contributed by atoms with Crippen LogP contribution in [-0.4, -0.2) is 48.1 Å². The molecule has 1 aromatic heterocycles. The van der Waals surface area contributed by atoms with Crippen molar-refractivity contribution in [2.24, 2.45) is 11.8 Å². The number of amides is 1. The highest BCUT2D eigenvalue weighted by Crippen LogP contribution is 2.26. The van der Waals surface area contributed by atoms with E-state index >= 15 is 0 Å². The Morgan fingerprint density at radius 2 is 2.15 bits per heavy atom. The Bertz CT molecular complexity index is 581. The van der Waals surface area contributed by atoms with E-state index in [9.17, 15) is 4.79 Å². The van der Waals surface area contributed by atoms with Crippen LogP contribution in [0.2, 0.25) is 0 Å². The normalized spacial score (nSPS) is 27.2. The number of carbonyl (C=O) groups excluding carboxylic acids is 1. The Morgan fingerprint density at radius 1 is 1.31 bits per heavy atom. The first-order valence-corrected chi connectivity index (χ1v) is 10.7. The molecule has 0 radical (unpaired) electrons. The molecule has 1 saturated heterocycles. The number of nitrogens with one attached hydrogen (secondary N) is 1. The van der Waals surface area contributed by atoms with E-state index < -0.39 is 0 Å². The molecular weight excluding hydrogens is 394 g/mol. The second kappa shape index (κ2) is 9.81. The van der Waals surface area contributed by atoms with Gasteiger partial charge in [0, 0.05) is 23.8 Å². The van der Waals surface area contributed by atoms with Crippen LogP contribution in [0.3, 0.4) is 0 Å². The lowest BCUT2D eigenvalue weighted by atomic mass is 9.88. The van der Waals surface area contributed by atoms with Crippen LogP contribution < -0.4 is 5.32 Å². The number of anilines is 1. The number of likely N-dealkylation sites (tertiary alicyclic amines) is 1. The molecule has 2 heterocycles. The van der Waals surface area contributed by atoms with E-state index in [1.807, 2.05) is 12.1 Å². The maximum atomic E-state index is 12.5. The van der Waals surface area contributed by atoms with Gasteiger partial charge in [-0.05, 0) is 66.2 Å². The summed E-state index contributed by atoms with van der Waals surface area (Å²) in [5.74, 6) is 1.40. The third-order valence-electron chi connectivity index (χ3n) is 5.63. The van der Waals surface area contributed by atoms with Crippen molar-refractivity contribution < 1.29 is 9.53 Å². The molecule has 1 N–H and O–H groups in total. The SMILES string of the molecule is CC1CCCCC1OCCN1CCCC(C(=O)Nc2ccc(Br)cn2)C1. The first-order chi connectivity index (χ1) is 12.6. The van der Waals surface area contributed by atoms with Gasteiger partial charge in [0.1, 0.15) is 5.82 Å². The number of halogens is 1. The van der Waals surface area contributed by atoms with Gasteiger partial charge in [0.15, 0.2) is 0 Å². The molecule has 1 aliphatic heterocycles. The summed E-state index contributed by atoms with van der Waals surface area (Å²) < 4.78 is 7.05. The molecule has 1 aliphatic carbocycles. The molecule has 144 valence electrons. The maximum Gasteiger partial charge on any atom is 0.229 e. The summed E-state index contributed by atoms with van der Waals surface area (Å²) in [5.41, 5.74) is 0. The molecular formula is C20H30BrN3O2. The predicted molar refractivity (Wildman–Crippen MR) is 107 cm³/mol. The van der Waals surface area contributed by atoms with E-state index in [-0.39, 0.29) is 11.8 Å². The van der Waals surface area contributed by atoms with Crippen LogP contribution in [0.4, 0.5) is 5.82 Å². The van der Waals surface area contributed by atoms with Gasteiger partial charge in [-0.2, -0.15) is 0 Å². The third kappa shape index (κ3) is 5.76. The number of nitrogens with zero attached hydrogens (tertiary/aromatic N) is 2. The van der Waals surface area contributed by atoms with Crippen molar-refractivity contribution >= 4 is 27.7 Å². The van der Waals surface area contributed by atoms with Crippen molar-refractivity contribution in [1.82, 2.24) is 9.88 Å². The number of pyridine rings is 1. The van der Waals surface area contributed by atoms with Crippen LogP contribution in [-0.2, 0) is 9.53 Å². The fraction of sp³-hybridized carbons (Fsp3) is 0.700. The summed E-state index contributed by atoms with van der Waals surface area (Å²) >= 11 is 3.36. The molecule has 0 aromatic carbocycles. The molecule has 3 rings (SSSR count). The van der Waals surface area contributed by atoms with E-state index in [2.05, 4.69) is 38.1 Å². The van der Waals surface area contributed by atoms with Crippen molar-refractivity contribution in [3.05, 3.63) is 22.8 Å². The van der Waals surface area contributed by atoms with Gasteiger partial charge in [0.2, 0.25) is 5.91 Å². The van der Waals surface area contributed by atoms with Crippen molar-refractivity contribution in [3.8, 4) is 0 Å². The number of ether oxygens (including phenoxy) is 1. The van der Waals surface area contributed by atoms with Crippen LogP contribution in [0, 0.1) is 11.8 Å². The molecule has 2 fully saturated rings. The van der Waals surface area contributed by atoms with Gasteiger partial charge in [-0.3, -0.25) is 4.79 Å². The lowest BCUT2D eigenvalue weighted by Gasteiger charge is -2.33.